The van der Waals surface area contributed by atoms with Gasteiger partial charge in [-0.25, -0.2) is 0 Å². The van der Waals surface area contributed by atoms with Gasteiger partial charge in [-0.1, -0.05) is 51.1 Å². The van der Waals surface area contributed by atoms with Gasteiger partial charge in [0.1, 0.15) is 0 Å². The molecule has 0 radical (unpaired) electrons. The quantitative estimate of drug-likeness (QED) is 0.358. The van der Waals surface area contributed by atoms with Crippen molar-refractivity contribution in [3.8, 4) is 0 Å². The third-order valence-corrected chi connectivity index (χ3v) is 5.56. The van der Waals surface area contributed by atoms with Gasteiger partial charge < -0.3 is 0 Å². The minimum atomic E-state index is 1.06. The Morgan fingerprint density at radius 1 is 0.893 bits per heavy atom. The summed E-state index contributed by atoms with van der Waals surface area (Å²) < 4.78 is 0. The molecule has 2 aromatic heterocycles. The number of aryl methyl sites for hydroxylation is 1. The van der Waals surface area contributed by atoms with E-state index in [9.17, 15) is 0 Å². The van der Waals surface area contributed by atoms with Crippen LogP contribution in [0.2, 0.25) is 0 Å². The molecule has 0 fully saturated rings. The number of nitrogens with zero attached hydrogens (tertiary/aromatic N) is 2. The smallest absolute Gasteiger partial charge is 0.0654 e. The molecule has 1 aromatic carbocycles. The molecule has 2 nitrogen and oxygen atoms in total. The molecule has 4 heteroatoms. The van der Waals surface area contributed by atoms with E-state index in [2.05, 4.69) is 64.8 Å². The lowest BCUT2D eigenvalue weighted by Crippen LogP contribution is -2.22. The zero-order valence-corrected chi connectivity index (χ0v) is 19.5. The monoisotopic (exact) mass is 414 g/mol. The zero-order chi connectivity index (χ0) is 20.6. The topological polar surface area (TPSA) is 15.6 Å². The molecule has 0 amide bonds. The normalized spacial score (nSPS) is 10.4. The second-order valence-electron chi connectivity index (χ2n) is 6.04. The van der Waals surface area contributed by atoms with Crippen molar-refractivity contribution < 1.29 is 0 Å². The zero-order valence-electron chi connectivity index (χ0n) is 17.9. The Morgan fingerprint density at radius 3 is 1.89 bits per heavy atom. The Hall–Kier alpha value is -1.75. The van der Waals surface area contributed by atoms with Crippen molar-refractivity contribution in [2.75, 3.05) is 6.54 Å². The molecule has 0 N–H and O–H groups in total. The number of benzene rings is 1. The summed E-state index contributed by atoms with van der Waals surface area (Å²) in [6, 6.07) is 16.8. The summed E-state index contributed by atoms with van der Waals surface area (Å²) in [5.74, 6) is 0. The van der Waals surface area contributed by atoms with Gasteiger partial charge in [0, 0.05) is 29.1 Å². The van der Waals surface area contributed by atoms with Crippen LogP contribution in [0.1, 0.15) is 49.4 Å². The maximum Gasteiger partial charge on any atom is 0.0654 e. The van der Waals surface area contributed by atoms with Crippen LogP contribution >= 0.6 is 22.7 Å². The predicted octanol–water partition coefficient (Wildman–Crippen LogP) is 7.97. The molecule has 0 aliphatic heterocycles. The minimum Gasteiger partial charge on any atom is -0.293 e. The molecular weight excluding hydrogens is 380 g/mol. The second-order valence-corrected chi connectivity index (χ2v) is 8.11. The van der Waals surface area contributed by atoms with Gasteiger partial charge in [0.15, 0.2) is 0 Å². The minimum absolute atomic E-state index is 1.06. The Labute approximate surface area is 179 Å². The van der Waals surface area contributed by atoms with Crippen molar-refractivity contribution in [1.82, 2.24) is 4.90 Å². The van der Waals surface area contributed by atoms with Gasteiger partial charge in [-0.15, -0.1) is 22.7 Å². The maximum absolute atomic E-state index is 4.18. The first-order valence-electron chi connectivity index (χ1n) is 10.0. The number of aliphatic imine (C=N–C) groups is 1. The van der Waals surface area contributed by atoms with Crippen LogP contribution in [-0.2, 0) is 13.1 Å². The second kappa shape index (κ2) is 15.2. The standard InChI is InChI=1S/C13H17NS2.C9H11N.C2H6/c1-2-7-14(10-12-5-3-8-15-12)11-13-6-4-9-16-13;1-3-10-9-7-5-4-6-8(9)2;1-2/h3-6,8-9H,2,7,10-11H2,1H3;3-7H,1-2H3;1-2H3. The fourth-order valence-electron chi connectivity index (χ4n) is 2.62. The molecule has 0 spiro atoms. The molecule has 0 saturated heterocycles. The average molecular weight is 415 g/mol. The lowest BCUT2D eigenvalue weighted by molar-refractivity contribution is 0.262. The van der Waals surface area contributed by atoms with Gasteiger partial charge in [-0.05, 0) is 61.3 Å². The third-order valence-electron chi connectivity index (χ3n) is 3.84. The van der Waals surface area contributed by atoms with Crippen LogP contribution in [-0.4, -0.2) is 17.7 Å². The Bertz CT molecular complexity index is 711. The van der Waals surface area contributed by atoms with Crippen LogP contribution in [0.3, 0.4) is 0 Å². The van der Waals surface area contributed by atoms with Gasteiger partial charge in [-0.3, -0.25) is 9.89 Å². The SMILES string of the molecule is CC.CC=Nc1ccccc1C.CCCN(Cc1cccs1)Cc1cccs1. The van der Waals surface area contributed by atoms with Crippen LogP contribution in [0.15, 0.2) is 64.3 Å². The first kappa shape index (κ1) is 24.3. The molecule has 0 aliphatic carbocycles. The summed E-state index contributed by atoms with van der Waals surface area (Å²) in [4.78, 5) is 9.63. The highest BCUT2D eigenvalue weighted by atomic mass is 32.1. The molecule has 28 heavy (non-hydrogen) atoms. The number of hydrogen-bond acceptors (Lipinski definition) is 4. The summed E-state index contributed by atoms with van der Waals surface area (Å²) in [6.45, 7) is 13.6. The van der Waals surface area contributed by atoms with Crippen LogP contribution in [0.25, 0.3) is 0 Å². The predicted molar refractivity (Wildman–Crippen MR) is 129 cm³/mol. The molecule has 2 heterocycles. The molecular formula is C24H34N2S2. The summed E-state index contributed by atoms with van der Waals surface area (Å²) >= 11 is 3.70. The van der Waals surface area contributed by atoms with Crippen LogP contribution < -0.4 is 0 Å². The van der Waals surface area contributed by atoms with Gasteiger partial charge >= 0.3 is 0 Å². The van der Waals surface area contributed by atoms with E-state index in [0.29, 0.717) is 0 Å². The molecule has 3 aromatic rings. The molecule has 0 saturated carbocycles. The van der Waals surface area contributed by atoms with Crippen molar-refractivity contribution in [2.24, 2.45) is 4.99 Å². The van der Waals surface area contributed by atoms with Crippen molar-refractivity contribution >= 4 is 34.6 Å². The Kier molecular flexibility index (Phi) is 13.2. The van der Waals surface area contributed by atoms with Gasteiger partial charge in [0.25, 0.3) is 0 Å². The van der Waals surface area contributed by atoms with Gasteiger partial charge in [-0.2, -0.15) is 0 Å². The highest BCUT2D eigenvalue weighted by molar-refractivity contribution is 7.10. The average Bonchev–Trinajstić information content (AvgIpc) is 3.41. The number of hydrogen-bond donors (Lipinski definition) is 0. The van der Waals surface area contributed by atoms with Crippen LogP contribution in [0, 0.1) is 6.92 Å². The van der Waals surface area contributed by atoms with E-state index >= 15 is 0 Å². The fraction of sp³-hybridized carbons (Fsp3) is 0.375. The van der Waals surface area contributed by atoms with E-state index in [1.54, 1.807) is 0 Å². The maximum atomic E-state index is 4.18. The molecule has 0 bridgehead atoms. The molecule has 152 valence electrons. The number of para-hydroxylation sites is 1. The van der Waals surface area contributed by atoms with Crippen LogP contribution in [0.4, 0.5) is 5.69 Å². The first-order valence-corrected chi connectivity index (χ1v) is 11.8. The van der Waals surface area contributed by atoms with Gasteiger partial charge in [0.2, 0.25) is 0 Å². The van der Waals surface area contributed by atoms with E-state index in [1.165, 1.54) is 28.3 Å². The largest absolute Gasteiger partial charge is 0.293 e. The lowest BCUT2D eigenvalue weighted by atomic mass is 10.2. The summed E-state index contributed by atoms with van der Waals surface area (Å²) in [5.41, 5.74) is 2.28. The van der Waals surface area contributed by atoms with Crippen molar-refractivity contribution in [3.63, 3.8) is 0 Å². The molecule has 0 unspecified atom stereocenters. The fourth-order valence-corrected chi connectivity index (χ4v) is 4.12. The van der Waals surface area contributed by atoms with E-state index in [-0.39, 0.29) is 0 Å². The van der Waals surface area contributed by atoms with Crippen molar-refractivity contribution in [2.45, 2.75) is 54.1 Å². The highest BCUT2D eigenvalue weighted by Crippen LogP contribution is 2.17. The lowest BCUT2D eigenvalue weighted by Gasteiger charge is -2.20. The third kappa shape index (κ3) is 9.45. The number of rotatable bonds is 7. The summed E-state index contributed by atoms with van der Waals surface area (Å²) in [5, 5.41) is 4.31. The molecule has 3 rings (SSSR count). The van der Waals surface area contributed by atoms with Crippen molar-refractivity contribution in [1.29, 1.82) is 0 Å². The van der Waals surface area contributed by atoms with Crippen molar-refractivity contribution in [3.05, 3.63) is 74.6 Å². The van der Waals surface area contributed by atoms with E-state index in [1.807, 2.05) is 67.9 Å². The van der Waals surface area contributed by atoms with Gasteiger partial charge in [0.05, 0.1) is 5.69 Å². The Balaban J connectivity index is 0.000000281. The molecule has 0 atom stereocenters. The first-order chi connectivity index (χ1) is 13.7. The van der Waals surface area contributed by atoms with E-state index in [0.717, 1.165) is 18.8 Å². The highest BCUT2D eigenvalue weighted by Gasteiger charge is 2.07. The summed E-state index contributed by atoms with van der Waals surface area (Å²) in [6.07, 6.45) is 3.03. The van der Waals surface area contributed by atoms with Crippen LogP contribution in [0.5, 0.6) is 0 Å². The summed E-state index contributed by atoms with van der Waals surface area (Å²) in [7, 11) is 0. The Morgan fingerprint density at radius 2 is 1.46 bits per heavy atom. The molecule has 0 aliphatic rings. The van der Waals surface area contributed by atoms with E-state index < -0.39 is 0 Å². The number of thiophene rings is 2. The van der Waals surface area contributed by atoms with E-state index in [4.69, 9.17) is 0 Å².